The van der Waals surface area contributed by atoms with E-state index in [0.717, 1.165) is 19.3 Å². The SMILES string of the molecule is O=C(NCC1(O)CCCCC1)c1cc(Nc2cccc(=O)[nH]2)ccc1Cl. The van der Waals surface area contributed by atoms with E-state index in [2.05, 4.69) is 15.6 Å². The Morgan fingerprint density at radius 2 is 1.96 bits per heavy atom. The molecule has 1 fully saturated rings. The van der Waals surface area contributed by atoms with Crippen molar-refractivity contribution in [1.29, 1.82) is 0 Å². The van der Waals surface area contributed by atoms with Gasteiger partial charge in [-0.2, -0.15) is 0 Å². The molecule has 0 atom stereocenters. The maximum atomic E-state index is 12.5. The van der Waals surface area contributed by atoms with E-state index in [1.807, 2.05) is 0 Å². The number of hydrogen-bond acceptors (Lipinski definition) is 4. The summed E-state index contributed by atoms with van der Waals surface area (Å²) in [5.74, 6) is 0.182. The number of hydrogen-bond donors (Lipinski definition) is 4. The summed E-state index contributed by atoms with van der Waals surface area (Å²) in [6.07, 6.45) is 4.47. The highest BCUT2D eigenvalue weighted by atomic mass is 35.5. The molecule has 6 nitrogen and oxygen atoms in total. The van der Waals surface area contributed by atoms with Crippen LogP contribution in [-0.2, 0) is 0 Å². The number of benzene rings is 1. The summed E-state index contributed by atoms with van der Waals surface area (Å²) in [7, 11) is 0. The summed E-state index contributed by atoms with van der Waals surface area (Å²) in [4.78, 5) is 26.5. The molecule has 1 saturated carbocycles. The molecule has 3 rings (SSSR count). The monoisotopic (exact) mass is 375 g/mol. The van der Waals surface area contributed by atoms with Gasteiger partial charge in [0, 0.05) is 18.3 Å². The fraction of sp³-hybridized carbons (Fsp3) is 0.368. The first kappa shape index (κ1) is 18.5. The summed E-state index contributed by atoms with van der Waals surface area (Å²) in [6, 6.07) is 9.73. The summed E-state index contributed by atoms with van der Waals surface area (Å²) in [5.41, 5.74) is -0.116. The van der Waals surface area contributed by atoms with Crippen LogP contribution in [0.25, 0.3) is 0 Å². The molecule has 2 aromatic rings. The van der Waals surface area contributed by atoms with E-state index < -0.39 is 5.60 Å². The van der Waals surface area contributed by atoms with Gasteiger partial charge in [-0.25, -0.2) is 0 Å². The van der Waals surface area contributed by atoms with E-state index >= 15 is 0 Å². The molecular weight excluding hydrogens is 354 g/mol. The smallest absolute Gasteiger partial charge is 0.252 e. The maximum absolute atomic E-state index is 12.5. The Bertz CT molecular complexity index is 844. The Labute approximate surface area is 156 Å². The first-order valence-electron chi connectivity index (χ1n) is 8.72. The minimum atomic E-state index is -0.834. The fourth-order valence-corrected chi connectivity index (χ4v) is 3.38. The molecule has 0 saturated heterocycles. The summed E-state index contributed by atoms with van der Waals surface area (Å²) >= 11 is 6.17. The van der Waals surface area contributed by atoms with E-state index in [1.165, 1.54) is 6.07 Å². The molecule has 26 heavy (non-hydrogen) atoms. The van der Waals surface area contributed by atoms with Crippen LogP contribution in [0.1, 0.15) is 42.5 Å². The van der Waals surface area contributed by atoms with Gasteiger partial charge in [0.15, 0.2) is 0 Å². The highest BCUT2D eigenvalue weighted by Gasteiger charge is 2.29. The van der Waals surface area contributed by atoms with Gasteiger partial charge in [-0.15, -0.1) is 0 Å². The molecule has 138 valence electrons. The lowest BCUT2D eigenvalue weighted by Gasteiger charge is -2.32. The normalized spacial score (nSPS) is 16.1. The third kappa shape index (κ3) is 4.65. The van der Waals surface area contributed by atoms with Crippen molar-refractivity contribution in [3.63, 3.8) is 0 Å². The third-order valence-electron chi connectivity index (χ3n) is 4.62. The minimum Gasteiger partial charge on any atom is -0.388 e. The van der Waals surface area contributed by atoms with Gasteiger partial charge in [-0.3, -0.25) is 9.59 Å². The van der Waals surface area contributed by atoms with E-state index in [4.69, 9.17) is 11.6 Å². The lowest BCUT2D eigenvalue weighted by atomic mass is 9.85. The molecule has 1 aliphatic rings. The number of carbonyl (C=O) groups is 1. The number of pyridine rings is 1. The zero-order valence-electron chi connectivity index (χ0n) is 14.3. The van der Waals surface area contributed by atoms with Crippen LogP contribution in [0, 0.1) is 0 Å². The highest BCUT2D eigenvalue weighted by Crippen LogP contribution is 2.28. The molecule has 0 bridgehead atoms. The van der Waals surface area contributed by atoms with E-state index in [0.29, 0.717) is 34.9 Å². The number of aromatic amines is 1. The number of rotatable bonds is 5. The molecule has 7 heteroatoms. The van der Waals surface area contributed by atoms with Crippen molar-refractivity contribution < 1.29 is 9.90 Å². The highest BCUT2D eigenvalue weighted by molar-refractivity contribution is 6.34. The zero-order chi connectivity index (χ0) is 18.6. The fourth-order valence-electron chi connectivity index (χ4n) is 3.18. The van der Waals surface area contributed by atoms with Crippen LogP contribution in [-0.4, -0.2) is 28.1 Å². The van der Waals surface area contributed by atoms with E-state index in [9.17, 15) is 14.7 Å². The molecular formula is C19H22ClN3O3. The van der Waals surface area contributed by atoms with E-state index in [1.54, 1.807) is 30.3 Å². The molecule has 1 heterocycles. The largest absolute Gasteiger partial charge is 0.388 e. The van der Waals surface area contributed by atoms with Crippen molar-refractivity contribution in [3.05, 3.63) is 57.3 Å². The Balaban J connectivity index is 1.70. The molecule has 0 aliphatic heterocycles. The maximum Gasteiger partial charge on any atom is 0.252 e. The van der Waals surface area contributed by atoms with Crippen LogP contribution in [0.3, 0.4) is 0 Å². The number of aromatic nitrogens is 1. The molecule has 1 aromatic carbocycles. The molecule has 0 unspecified atom stereocenters. The Kier molecular flexibility index (Phi) is 5.64. The van der Waals surface area contributed by atoms with Crippen molar-refractivity contribution in [3.8, 4) is 0 Å². The molecule has 1 amide bonds. The molecule has 4 N–H and O–H groups in total. The average Bonchev–Trinajstić information content (AvgIpc) is 2.62. The summed E-state index contributed by atoms with van der Waals surface area (Å²) < 4.78 is 0. The number of halogens is 1. The Morgan fingerprint density at radius 3 is 2.69 bits per heavy atom. The number of nitrogens with one attached hydrogen (secondary N) is 3. The average molecular weight is 376 g/mol. The molecule has 1 aromatic heterocycles. The number of amides is 1. The molecule has 1 aliphatic carbocycles. The van der Waals surface area contributed by atoms with Crippen molar-refractivity contribution in [2.45, 2.75) is 37.7 Å². The van der Waals surface area contributed by atoms with Gasteiger partial charge in [0.25, 0.3) is 5.91 Å². The topological polar surface area (TPSA) is 94.2 Å². The molecule has 0 radical (unpaired) electrons. The zero-order valence-corrected chi connectivity index (χ0v) is 15.1. The van der Waals surface area contributed by atoms with Crippen LogP contribution < -0.4 is 16.2 Å². The standard InChI is InChI=1S/C19H22ClN3O3/c20-15-8-7-13(22-16-5-4-6-17(24)23-16)11-14(15)18(25)21-12-19(26)9-2-1-3-10-19/h4-8,11,26H,1-3,9-10,12H2,(H,21,25)(H2,22,23,24). The van der Waals surface area contributed by atoms with Gasteiger partial charge < -0.3 is 20.7 Å². The van der Waals surface area contributed by atoms with Crippen molar-refractivity contribution >= 4 is 29.0 Å². The van der Waals surface area contributed by atoms with Gasteiger partial charge in [0.2, 0.25) is 5.56 Å². The predicted molar refractivity (Wildman–Crippen MR) is 102 cm³/mol. The second-order valence-electron chi connectivity index (χ2n) is 6.72. The van der Waals surface area contributed by atoms with Gasteiger partial charge in [0.05, 0.1) is 16.2 Å². The number of aliphatic hydroxyl groups is 1. The predicted octanol–water partition coefficient (Wildman–Crippen LogP) is 3.20. The number of carbonyl (C=O) groups excluding carboxylic acids is 1. The number of anilines is 2. The van der Waals surface area contributed by atoms with Crippen LogP contribution in [0.15, 0.2) is 41.2 Å². The van der Waals surface area contributed by atoms with Crippen LogP contribution in [0.2, 0.25) is 5.02 Å². The van der Waals surface area contributed by atoms with E-state index in [-0.39, 0.29) is 18.0 Å². The third-order valence-corrected chi connectivity index (χ3v) is 4.95. The van der Waals surface area contributed by atoms with Gasteiger partial charge in [0.1, 0.15) is 5.82 Å². The first-order valence-corrected chi connectivity index (χ1v) is 9.10. The number of H-pyrrole nitrogens is 1. The van der Waals surface area contributed by atoms with Crippen molar-refractivity contribution in [2.24, 2.45) is 0 Å². The van der Waals surface area contributed by atoms with Gasteiger partial charge in [-0.05, 0) is 37.1 Å². The van der Waals surface area contributed by atoms with Crippen molar-refractivity contribution in [2.75, 3.05) is 11.9 Å². The lowest BCUT2D eigenvalue weighted by molar-refractivity contribution is 0.00526. The van der Waals surface area contributed by atoms with Crippen LogP contribution in [0.4, 0.5) is 11.5 Å². The Morgan fingerprint density at radius 1 is 1.19 bits per heavy atom. The van der Waals surface area contributed by atoms with Gasteiger partial charge in [-0.1, -0.05) is 36.9 Å². The first-order chi connectivity index (χ1) is 12.5. The van der Waals surface area contributed by atoms with Gasteiger partial charge >= 0.3 is 0 Å². The van der Waals surface area contributed by atoms with Crippen molar-refractivity contribution in [1.82, 2.24) is 10.3 Å². The summed E-state index contributed by atoms with van der Waals surface area (Å²) in [6.45, 7) is 0.214. The molecule has 0 spiro atoms. The Hall–Kier alpha value is -2.31. The summed E-state index contributed by atoms with van der Waals surface area (Å²) in [5, 5.41) is 16.7. The second kappa shape index (κ2) is 7.93. The lowest BCUT2D eigenvalue weighted by Crippen LogP contribution is -2.44. The van der Waals surface area contributed by atoms with Crippen LogP contribution in [0.5, 0.6) is 0 Å². The second-order valence-corrected chi connectivity index (χ2v) is 7.12. The minimum absolute atomic E-state index is 0.214. The van der Waals surface area contributed by atoms with Crippen LogP contribution >= 0.6 is 11.6 Å². The quantitative estimate of drug-likeness (QED) is 0.645.